The van der Waals surface area contributed by atoms with Crippen molar-refractivity contribution in [2.75, 3.05) is 11.9 Å². The molecule has 21 heavy (non-hydrogen) atoms. The highest BCUT2D eigenvalue weighted by molar-refractivity contribution is 5.75. The van der Waals surface area contributed by atoms with Gasteiger partial charge in [0.2, 0.25) is 0 Å². The highest BCUT2D eigenvalue weighted by Crippen LogP contribution is 2.35. The van der Waals surface area contributed by atoms with Crippen LogP contribution in [0.1, 0.15) is 38.5 Å². The normalized spacial score (nSPS) is 17.7. The molecule has 2 N–H and O–H groups in total. The maximum absolute atomic E-state index is 11.6. The van der Waals surface area contributed by atoms with Crippen LogP contribution in [-0.2, 0) is 4.79 Å². The van der Waals surface area contributed by atoms with Crippen molar-refractivity contribution >= 4 is 17.5 Å². The van der Waals surface area contributed by atoms with Gasteiger partial charge in [-0.25, -0.2) is 4.98 Å². The van der Waals surface area contributed by atoms with Crippen LogP contribution in [0.2, 0.25) is 0 Å². The largest absolute Gasteiger partial charge is 0.481 e. The van der Waals surface area contributed by atoms with Crippen molar-refractivity contribution in [1.29, 1.82) is 0 Å². The minimum atomic E-state index is -0.779. The molecule has 7 heteroatoms. The van der Waals surface area contributed by atoms with E-state index in [1.807, 2.05) is 0 Å². The van der Waals surface area contributed by atoms with Gasteiger partial charge in [-0.1, -0.05) is 25.7 Å². The molecule has 0 bridgehead atoms. The number of carbonyl (C=O) groups is 1. The Kier molecular flexibility index (Phi) is 4.72. The minimum absolute atomic E-state index is 0.0806. The fourth-order valence-corrected chi connectivity index (χ4v) is 2.73. The van der Waals surface area contributed by atoms with Crippen LogP contribution in [0.15, 0.2) is 18.3 Å². The average Bonchev–Trinajstić information content (AvgIpc) is 2.72. The fourth-order valence-electron chi connectivity index (χ4n) is 2.73. The van der Waals surface area contributed by atoms with Gasteiger partial charge < -0.3 is 10.4 Å². The third-order valence-corrected chi connectivity index (χ3v) is 4.08. The molecule has 1 fully saturated rings. The Labute approximate surface area is 122 Å². The van der Waals surface area contributed by atoms with Gasteiger partial charge in [-0.05, 0) is 18.9 Å². The molecule has 1 aliphatic carbocycles. The maximum Gasteiger partial charge on any atom is 0.311 e. The molecule has 1 aromatic heterocycles. The van der Waals surface area contributed by atoms with Crippen molar-refractivity contribution in [2.24, 2.45) is 5.41 Å². The number of hydrogen-bond donors (Lipinski definition) is 2. The fraction of sp³-hybridized carbons (Fsp3) is 0.571. The molecule has 1 aliphatic rings. The Morgan fingerprint density at radius 2 is 2.00 bits per heavy atom. The van der Waals surface area contributed by atoms with Gasteiger partial charge in [0.15, 0.2) is 0 Å². The van der Waals surface area contributed by atoms with Crippen molar-refractivity contribution < 1.29 is 14.8 Å². The van der Waals surface area contributed by atoms with Gasteiger partial charge in [0, 0.05) is 12.6 Å². The van der Waals surface area contributed by atoms with Crippen LogP contribution in [0.4, 0.5) is 11.5 Å². The molecular weight excluding hydrogens is 274 g/mol. The van der Waals surface area contributed by atoms with Gasteiger partial charge >= 0.3 is 5.97 Å². The van der Waals surface area contributed by atoms with Crippen molar-refractivity contribution in [1.82, 2.24) is 4.98 Å². The van der Waals surface area contributed by atoms with E-state index >= 15 is 0 Å². The number of carboxylic acids is 1. The zero-order chi connectivity index (χ0) is 15.3. The summed E-state index contributed by atoms with van der Waals surface area (Å²) in [5.41, 5.74) is -0.845. The Morgan fingerprint density at radius 1 is 1.33 bits per heavy atom. The van der Waals surface area contributed by atoms with E-state index in [1.165, 1.54) is 18.3 Å². The molecule has 7 nitrogen and oxygen atoms in total. The number of nitrogens with one attached hydrogen (secondary N) is 1. The van der Waals surface area contributed by atoms with Gasteiger partial charge in [-0.2, -0.15) is 0 Å². The number of nitro groups is 1. The minimum Gasteiger partial charge on any atom is -0.481 e. The molecule has 0 radical (unpaired) electrons. The van der Waals surface area contributed by atoms with E-state index in [0.717, 1.165) is 25.7 Å². The summed E-state index contributed by atoms with van der Waals surface area (Å²) in [5.74, 6) is -0.315. The summed E-state index contributed by atoms with van der Waals surface area (Å²) in [5, 5.41) is 23.1. The molecule has 0 amide bonds. The molecule has 1 saturated carbocycles. The van der Waals surface area contributed by atoms with Gasteiger partial charge in [-0.15, -0.1) is 0 Å². The van der Waals surface area contributed by atoms with Crippen LogP contribution < -0.4 is 5.32 Å². The van der Waals surface area contributed by atoms with Crippen LogP contribution >= 0.6 is 0 Å². The molecule has 1 heterocycles. The van der Waals surface area contributed by atoms with Gasteiger partial charge in [0.05, 0.1) is 10.3 Å². The number of aliphatic carboxylic acids is 1. The molecule has 0 aromatic carbocycles. The Bertz CT molecular complexity index is 507. The molecule has 114 valence electrons. The lowest BCUT2D eigenvalue weighted by atomic mass is 9.80. The number of aromatic nitrogens is 1. The quantitative estimate of drug-likeness (QED) is 0.491. The number of nitrogens with zero attached hydrogens (tertiary/aromatic N) is 2. The van der Waals surface area contributed by atoms with E-state index in [4.69, 9.17) is 0 Å². The first-order valence-electron chi connectivity index (χ1n) is 7.11. The summed E-state index contributed by atoms with van der Waals surface area (Å²) in [6.07, 6.45) is 6.46. The van der Waals surface area contributed by atoms with Crippen LogP contribution in [0, 0.1) is 15.5 Å². The third-order valence-electron chi connectivity index (χ3n) is 4.08. The predicted octanol–water partition coefficient (Wildman–Crippen LogP) is 2.83. The summed E-state index contributed by atoms with van der Waals surface area (Å²) >= 11 is 0. The second-order valence-electron chi connectivity index (χ2n) is 5.51. The standard InChI is InChI=1S/C14H19N3O4/c18-13(19)14(7-3-1-2-4-8-14)10-16-12-6-5-11(9-15-12)17(20)21/h5-6,9H,1-4,7-8,10H2,(H,15,16)(H,18,19). The lowest BCUT2D eigenvalue weighted by Crippen LogP contribution is -2.37. The summed E-state index contributed by atoms with van der Waals surface area (Å²) in [6.45, 7) is 0.299. The van der Waals surface area contributed by atoms with Crippen LogP contribution in [0.3, 0.4) is 0 Å². The number of hydrogen-bond acceptors (Lipinski definition) is 5. The highest BCUT2D eigenvalue weighted by atomic mass is 16.6. The van der Waals surface area contributed by atoms with E-state index in [-0.39, 0.29) is 5.69 Å². The molecule has 0 aliphatic heterocycles. The summed E-state index contributed by atoms with van der Waals surface area (Å²) in [7, 11) is 0. The lowest BCUT2D eigenvalue weighted by Gasteiger charge is -2.28. The van der Waals surface area contributed by atoms with Crippen molar-refractivity contribution in [3.05, 3.63) is 28.4 Å². The maximum atomic E-state index is 11.6. The first-order valence-corrected chi connectivity index (χ1v) is 7.11. The highest BCUT2D eigenvalue weighted by Gasteiger charge is 2.38. The van der Waals surface area contributed by atoms with E-state index in [0.29, 0.717) is 25.2 Å². The average molecular weight is 293 g/mol. The monoisotopic (exact) mass is 293 g/mol. The lowest BCUT2D eigenvalue weighted by molar-refractivity contribution is -0.385. The molecule has 1 aromatic rings. The van der Waals surface area contributed by atoms with Gasteiger partial charge in [0.1, 0.15) is 12.0 Å². The summed E-state index contributed by atoms with van der Waals surface area (Å²) < 4.78 is 0. The molecule has 0 atom stereocenters. The molecule has 0 spiro atoms. The SMILES string of the molecule is O=C(O)C1(CNc2ccc([N+](=O)[O-])cn2)CCCCCC1. The molecule has 0 unspecified atom stereocenters. The Morgan fingerprint density at radius 3 is 2.48 bits per heavy atom. The Hall–Kier alpha value is -2.18. The van der Waals surface area contributed by atoms with Gasteiger partial charge in [-0.3, -0.25) is 14.9 Å². The smallest absolute Gasteiger partial charge is 0.311 e. The second kappa shape index (κ2) is 6.51. The zero-order valence-electron chi connectivity index (χ0n) is 11.7. The van der Waals surface area contributed by atoms with Crippen LogP contribution in [0.5, 0.6) is 0 Å². The number of rotatable bonds is 5. The number of anilines is 1. The van der Waals surface area contributed by atoms with Crippen molar-refractivity contribution in [3.8, 4) is 0 Å². The van der Waals surface area contributed by atoms with Crippen molar-refractivity contribution in [3.63, 3.8) is 0 Å². The van der Waals surface area contributed by atoms with E-state index in [2.05, 4.69) is 10.3 Å². The van der Waals surface area contributed by atoms with Gasteiger partial charge in [0.25, 0.3) is 5.69 Å². The summed E-state index contributed by atoms with van der Waals surface area (Å²) in [4.78, 5) is 25.6. The van der Waals surface area contributed by atoms with E-state index in [9.17, 15) is 20.0 Å². The summed E-state index contributed by atoms with van der Waals surface area (Å²) in [6, 6.07) is 2.86. The molecule has 0 saturated heterocycles. The number of pyridine rings is 1. The first kappa shape index (κ1) is 15.2. The van der Waals surface area contributed by atoms with Crippen LogP contribution in [-0.4, -0.2) is 27.5 Å². The van der Waals surface area contributed by atoms with Crippen molar-refractivity contribution in [2.45, 2.75) is 38.5 Å². The third kappa shape index (κ3) is 3.68. The predicted molar refractivity (Wildman–Crippen MR) is 77.2 cm³/mol. The van der Waals surface area contributed by atoms with E-state index in [1.54, 1.807) is 0 Å². The van der Waals surface area contributed by atoms with E-state index < -0.39 is 16.3 Å². The molecular formula is C14H19N3O4. The topological polar surface area (TPSA) is 105 Å². The number of carboxylic acid groups (broad SMARTS) is 1. The van der Waals surface area contributed by atoms with Crippen LogP contribution in [0.25, 0.3) is 0 Å². The second-order valence-corrected chi connectivity index (χ2v) is 5.51. The molecule has 2 rings (SSSR count). The zero-order valence-corrected chi connectivity index (χ0v) is 11.7. The Balaban J connectivity index is 2.04. The first-order chi connectivity index (χ1) is 10.0.